The van der Waals surface area contributed by atoms with E-state index in [-0.39, 0.29) is 0 Å². The van der Waals surface area contributed by atoms with Crippen LogP contribution in [0.4, 0.5) is 11.4 Å². The topological polar surface area (TPSA) is 23.3 Å². The normalized spacial score (nSPS) is 16.5. The van der Waals surface area contributed by atoms with Crippen LogP contribution in [0.2, 0.25) is 0 Å². The Labute approximate surface area is 100 Å². The van der Waals surface area contributed by atoms with Crippen molar-refractivity contribution < 1.29 is 4.74 Å². The Morgan fingerprint density at radius 3 is 2.65 bits per heavy atom. The van der Waals surface area contributed by atoms with Gasteiger partial charge in [0.25, 0.3) is 0 Å². The van der Waals surface area contributed by atoms with Crippen LogP contribution in [0.3, 0.4) is 0 Å². The fraction of sp³-hybridized carbons (Fsp3) is 0.200. The number of ether oxygens (including phenoxy) is 1. The van der Waals surface area contributed by atoms with E-state index >= 15 is 0 Å². The van der Waals surface area contributed by atoms with E-state index in [2.05, 4.69) is 12.1 Å². The molecule has 1 fully saturated rings. The summed E-state index contributed by atoms with van der Waals surface area (Å²) in [5, 5.41) is 4.75. The zero-order chi connectivity index (χ0) is 11.2. The van der Waals surface area contributed by atoms with E-state index in [1.165, 1.54) is 18.4 Å². The molecule has 0 aromatic heterocycles. The second-order valence-corrected chi connectivity index (χ2v) is 4.65. The van der Waals surface area contributed by atoms with Crippen molar-refractivity contribution in [3.63, 3.8) is 0 Å². The van der Waals surface area contributed by atoms with Crippen molar-refractivity contribution >= 4 is 11.4 Å². The molecule has 0 N–H and O–H groups in total. The van der Waals surface area contributed by atoms with Gasteiger partial charge in [-0.2, -0.15) is 0 Å². The molecule has 0 bridgehead atoms. The minimum Gasteiger partial charge on any atom is -0.453 e. The van der Waals surface area contributed by atoms with Crippen molar-refractivity contribution in [1.82, 2.24) is 5.32 Å². The largest absolute Gasteiger partial charge is 0.453 e. The monoisotopic (exact) mass is 222 g/mol. The Morgan fingerprint density at radius 2 is 1.76 bits per heavy atom. The summed E-state index contributed by atoms with van der Waals surface area (Å²) in [7, 11) is 0. The lowest BCUT2D eigenvalue weighted by atomic mass is 10.1. The van der Waals surface area contributed by atoms with Crippen LogP contribution in [-0.4, -0.2) is 0 Å². The van der Waals surface area contributed by atoms with Gasteiger partial charge in [-0.1, -0.05) is 24.3 Å². The molecule has 4 rings (SSSR count). The SMILES string of the molecule is c1ccc2c(c1)[N]c1c(cccc1C1CC1)O2. The predicted molar refractivity (Wildman–Crippen MR) is 66.4 cm³/mol. The smallest absolute Gasteiger partial charge is 0.153 e. The minimum absolute atomic E-state index is 0.697. The number of fused-ring (bicyclic) bond motifs is 2. The summed E-state index contributed by atoms with van der Waals surface area (Å²) >= 11 is 0. The van der Waals surface area contributed by atoms with Crippen molar-refractivity contribution in [2.24, 2.45) is 0 Å². The van der Waals surface area contributed by atoms with Gasteiger partial charge < -0.3 is 4.74 Å². The summed E-state index contributed by atoms with van der Waals surface area (Å²) in [5.41, 5.74) is 3.32. The van der Waals surface area contributed by atoms with Crippen LogP contribution in [0.25, 0.3) is 0 Å². The van der Waals surface area contributed by atoms with Crippen LogP contribution in [0.15, 0.2) is 42.5 Å². The van der Waals surface area contributed by atoms with Gasteiger partial charge in [-0.3, -0.25) is 0 Å². The predicted octanol–water partition coefficient (Wildman–Crippen LogP) is 4.24. The lowest BCUT2D eigenvalue weighted by Gasteiger charge is -2.21. The maximum atomic E-state index is 5.90. The van der Waals surface area contributed by atoms with Gasteiger partial charge in [0.05, 0.1) is 0 Å². The Morgan fingerprint density at radius 1 is 0.941 bits per heavy atom. The summed E-state index contributed by atoms with van der Waals surface area (Å²) < 4.78 is 5.90. The van der Waals surface area contributed by atoms with Gasteiger partial charge in [-0.15, -0.1) is 0 Å². The summed E-state index contributed by atoms with van der Waals surface area (Å²) in [6, 6.07) is 14.2. The van der Waals surface area contributed by atoms with Crippen LogP contribution in [0, 0.1) is 0 Å². The fourth-order valence-electron chi connectivity index (χ4n) is 2.34. The number of rotatable bonds is 1. The van der Waals surface area contributed by atoms with Crippen molar-refractivity contribution in [1.29, 1.82) is 0 Å². The third-order valence-electron chi connectivity index (χ3n) is 3.36. The van der Waals surface area contributed by atoms with Crippen molar-refractivity contribution in [2.45, 2.75) is 18.8 Å². The second kappa shape index (κ2) is 3.27. The van der Waals surface area contributed by atoms with E-state index in [1.54, 1.807) is 0 Å². The molecule has 0 unspecified atom stereocenters. The molecular weight excluding hydrogens is 210 g/mol. The average Bonchev–Trinajstić information content (AvgIpc) is 3.20. The molecule has 2 heteroatoms. The Hall–Kier alpha value is -1.96. The molecule has 17 heavy (non-hydrogen) atoms. The number of benzene rings is 2. The third kappa shape index (κ3) is 1.41. The van der Waals surface area contributed by atoms with Crippen LogP contribution < -0.4 is 10.1 Å². The lowest BCUT2D eigenvalue weighted by molar-refractivity contribution is 0.470. The van der Waals surface area contributed by atoms with Crippen molar-refractivity contribution in [3.8, 4) is 11.5 Å². The highest BCUT2D eigenvalue weighted by atomic mass is 16.5. The molecule has 0 atom stereocenters. The number of hydrogen-bond donors (Lipinski definition) is 0. The van der Waals surface area contributed by atoms with E-state index in [0.717, 1.165) is 22.9 Å². The second-order valence-electron chi connectivity index (χ2n) is 4.65. The quantitative estimate of drug-likeness (QED) is 0.604. The highest BCUT2D eigenvalue weighted by Crippen LogP contribution is 2.50. The maximum absolute atomic E-state index is 5.90. The molecule has 0 saturated heterocycles. The first-order valence-electron chi connectivity index (χ1n) is 6.03. The first-order chi connectivity index (χ1) is 8.42. The summed E-state index contributed by atoms with van der Waals surface area (Å²) in [5.74, 6) is 2.45. The number of para-hydroxylation sites is 3. The molecule has 83 valence electrons. The van der Waals surface area contributed by atoms with Crippen LogP contribution >= 0.6 is 0 Å². The molecule has 2 aromatic rings. The van der Waals surface area contributed by atoms with E-state index in [1.807, 2.05) is 30.3 Å². The lowest BCUT2D eigenvalue weighted by Crippen LogP contribution is -2.04. The standard InChI is InChI=1S/C15H12NO/c1-2-6-13-12(5-1)16-15-11(10-8-9-10)4-3-7-14(15)17-13/h1-7,10H,8-9H2. The van der Waals surface area contributed by atoms with Gasteiger partial charge in [-0.25, -0.2) is 5.32 Å². The van der Waals surface area contributed by atoms with Gasteiger partial charge in [0.1, 0.15) is 11.4 Å². The molecule has 2 aliphatic rings. The van der Waals surface area contributed by atoms with E-state index in [9.17, 15) is 0 Å². The molecule has 0 spiro atoms. The first-order valence-corrected chi connectivity index (χ1v) is 6.03. The number of nitrogens with zero attached hydrogens (tertiary/aromatic N) is 1. The van der Waals surface area contributed by atoms with Gasteiger partial charge in [0.2, 0.25) is 0 Å². The molecule has 0 amide bonds. The van der Waals surface area contributed by atoms with E-state index < -0.39 is 0 Å². The Kier molecular flexibility index (Phi) is 1.75. The van der Waals surface area contributed by atoms with Gasteiger partial charge >= 0.3 is 0 Å². The molecule has 1 radical (unpaired) electrons. The zero-order valence-electron chi connectivity index (χ0n) is 9.39. The van der Waals surface area contributed by atoms with Crippen molar-refractivity contribution in [2.75, 3.05) is 0 Å². The summed E-state index contributed by atoms with van der Waals surface area (Å²) in [6.07, 6.45) is 2.57. The molecule has 2 aromatic carbocycles. The van der Waals surface area contributed by atoms with Gasteiger partial charge in [0, 0.05) is 0 Å². The van der Waals surface area contributed by atoms with E-state index in [0.29, 0.717) is 5.92 Å². The zero-order valence-corrected chi connectivity index (χ0v) is 9.39. The van der Waals surface area contributed by atoms with Crippen LogP contribution in [0.1, 0.15) is 24.3 Å². The molecule has 1 heterocycles. The molecule has 1 saturated carbocycles. The fourth-order valence-corrected chi connectivity index (χ4v) is 2.34. The summed E-state index contributed by atoms with van der Waals surface area (Å²) in [4.78, 5) is 0. The van der Waals surface area contributed by atoms with E-state index in [4.69, 9.17) is 10.1 Å². The van der Waals surface area contributed by atoms with Gasteiger partial charge in [-0.05, 0) is 42.5 Å². The Bertz CT molecular complexity index is 587. The molecular formula is C15H12NO. The number of hydrogen-bond acceptors (Lipinski definition) is 1. The van der Waals surface area contributed by atoms with Crippen LogP contribution in [-0.2, 0) is 0 Å². The third-order valence-corrected chi connectivity index (χ3v) is 3.36. The molecule has 1 aliphatic heterocycles. The van der Waals surface area contributed by atoms with Crippen molar-refractivity contribution in [3.05, 3.63) is 48.0 Å². The Balaban J connectivity index is 1.85. The molecule has 2 nitrogen and oxygen atoms in total. The summed E-state index contributed by atoms with van der Waals surface area (Å²) in [6.45, 7) is 0. The maximum Gasteiger partial charge on any atom is 0.153 e. The highest BCUT2D eigenvalue weighted by Gasteiger charge is 2.30. The minimum atomic E-state index is 0.697. The van der Waals surface area contributed by atoms with Crippen LogP contribution in [0.5, 0.6) is 11.5 Å². The first kappa shape index (κ1) is 9.11. The highest BCUT2D eigenvalue weighted by molar-refractivity contribution is 5.71. The average molecular weight is 222 g/mol. The molecule has 1 aliphatic carbocycles. The van der Waals surface area contributed by atoms with Gasteiger partial charge in [0.15, 0.2) is 11.5 Å².